The van der Waals surface area contributed by atoms with Crippen LogP contribution in [-0.4, -0.2) is 94.4 Å². The van der Waals surface area contributed by atoms with Gasteiger partial charge in [-0.25, -0.2) is 9.78 Å². The van der Waals surface area contributed by atoms with E-state index >= 15 is 0 Å². The maximum atomic E-state index is 14.0. The van der Waals surface area contributed by atoms with Gasteiger partial charge in [0.05, 0.1) is 28.3 Å². The van der Waals surface area contributed by atoms with Crippen LogP contribution in [0.2, 0.25) is 0 Å². The van der Waals surface area contributed by atoms with Gasteiger partial charge in [0.25, 0.3) is 5.91 Å². The number of rotatable bonds is 19. The lowest BCUT2D eigenvalue weighted by Gasteiger charge is -2.35. The van der Waals surface area contributed by atoms with Crippen LogP contribution in [0.25, 0.3) is 10.4 Å². The van der Waals surface area contributed by atoms with Crippen molar-refractivity contribution in [1.82, 2.24) is 31.2 Å². The smallest absolute Gasteiger partial charge is 0.490 e. The second-order valence-electron chi connectivity index (χ2n) is 18.7. The van der Waals surface area contributed by atoms with Gasteiger partial charge in [-0.2, -0.15) is 0 Å². The number of benzene rings is 3. The molecule has 372 valence electrons. The van der Waals surface area contributed by atoms with Crippen molar-refractivity contribution in [3.05, 3.63) is 95.1 Å². The third kappa shape index (κ3) is 15.9. The molecule has 15 nitrogen and oxygen atoms in total. The summed E-state index contributed by atoms with van der Waals surface area (Å²) >= 11 is 1.57. The van der Waals surface area contributed by atoms with E-state index in [9.17, 15) is 42.3 Å². The number of alkyl halides is 3. The summed E-state index contributed by atoms with van der Waals surface area (Å²) in [5.41, 5.74) is 4.84. The van der Waals surface area contributed by atoms with Gasteiger partial charge in [-0.1, -0.05) is 57.9 Å². The predicted molar refractivity (Wildman–Crippen MR) is 255 cm³/mol. The van der Waals surface area contributed by atoms with E-state index in [1.807, 2.05) is 52.0 Å². The van der Waals surface area contributed by atoms with E-state index in [-0.39, 0.29) is 61.5 Å². The number of likely N-dealkylation sites (tertiary alicyclic amines) is 1. The largest absolute Gasteiger partial charge is 0.573 e. The molecule has 0 spiro atoms. The number of carbonyl (C=O) groups is 5. The minimum absolute atomic E-state index is 0.00719. The first-order valence-corrected chi connectivity index (χ1v) is 24.2. The van der Waals surface area contributed by atoms with Crippen molar-refractivity contribution in [1.29, 1.82) is 0 Å². The third-order valence-electron chi connectivity index (χ3n) is 12.1. The summed E-state index contributed by atoms with van der Waals surface area (Å²) in [5, 5.41) is 24.8. The Morgan fingerprint density at radius 1 is 0.855 bits per heavy atom. The lowest BCUT2D eigenvalue weighted by atomic mass is 9.85. The Balaban J connectivity index is 0.840. The average Bonchev–Trinajstić information content (AvgIpc) is 3.92. The number of urea groups is 1. The first-order chi connectivity index (χ1) is 32.8. The van der Waals surface area contributed by atoms with E-state index in [0.717, 1.165) is 46.7 Å². The second kappa shape index (κ2) is 23.9. The normalized spacial score (nSPS) is 18.7. The number of β-amino-alcohol motifs (C(OH)–C–C–N with tert-alkyl or cyclic N) is 1. The first-order valence-electron chi connectivity index (χ1n) is 23.3. The number of aryl methyl sites for hydroxylation is 1. The molecular formula is C50H62F3N7O8S. The fourth-order valence-corrected chi connectivity index (χ4v) is 9.19. The second-order valence-corrected chi connectivity index (χ2v) is 19.5. The van der Waals surface area contributed by atoms with Crippen LogP contribution < -0.4 is 36.1 Å². The molecule has 6 amide bonds. The number of nitrogens with zero attached hydrogens (tertiary/aromatic N) is 2. The van der Waals surface area contributed by atoms with Gasteiger partial charge in [-0.15, -0.1) is 24.5 Å². The van der Waals surface area contributed by atoms with Crippen LogP contribution >= 0.6 is 11.3 Å². The van der Waals surface area contributed by atoms with Crippen molar-refractivity contribution < 1.29 is 51.7 Å². The summed E-state index contributed by atoms with van der Waals surface area (Å²) in [6.07, 6.45) is 0.114. The lowest BCUT2D eigenvalue weighted by Crippen LogP contribution is -2.57. The molecule has 0 bridgehead atoms. The molecule has 6 N–H and O–H groups in total. The fourth-order valence-electron chi connectivity index (χ4n) is 8.38. The zero-order valence-corrected chi connectivity index (χ0v) is 40.1. The number of ether oxygens (including phenoxy) is 2. The predicted octanol–water partition coefficient (Wildman–Crippen LogP) is 8.02. The molecule has 69 heavy (non-hydrogen) atoms. The average molecular weight is 978 g/mol. The number of hydrogen-bond donors (Lipinski definition) is 6. The Bertz CT molecular complexity index is 2350. The van der Waals surface area contributed by atoms with Gasteiger partial charge in [0.15, 0.2) is 0 Å². The first kappa shape index (κ1) is 52.2. The molecule has 1 aromatic heterocycles. The Hall–Kier alpha value is -6.21. The molecule has 2 heterocycles. The van der Waals surface area contributed by atoms with Gasteiger partial charge in [-0.3, -0.25) is 19.2 Å². The monoisotopic (exact) mass is 977 g/mol. The zero-order chi connectivity index (χ0) is 49.7. The third-order valence-corrected chi connectivity index (χ3v) is 13.1. The highest BCUT2D eigenvalue weighted by atomic mass is 32.1. The highest BCUT2D eigenvalue weighted by Gasteiger charge is 2.44. The van der Waals surface area contributed by atoms with E-state index in [1.54, 1.807) is 41.1 Å². The van der Waals surface area contributed by atoms with Crippen molar-refractivity contribution >= 4 is 46.7 Å². The zero-order valence-electron chi connectivity index (χ0n) is 39.3. The molecule has 1 saturated carbocycles. The lowest BCUT2D eigenvalue weighted by molar-refractivity contribution is -0.274. The van der Waals surface area contributed by atoms with Crippen LogP contribution in [0.15, 0.2) is 78.3 Å². The summed E-state index contributed by atoms with van der Waals surface area (Å²) in [5.74, 6) is -1.03. The number of hydrogen-bond acceptors (Lipinski definition) is 10. The van der Waals surface area contributed by atoms with Gasteiger partial charge >= 0.3 is 12.4 Å². The van der Waals surface area contributed by atoms with Gasteiger partial charge in [0, 0.05) is 49.8 Å². The quantitative estimate of drug-likeness (QED) is 0.0504. The minimum Gasteiger partial charge on any atom is -0.490 e. The van der Waals surface area contributed by atoms with Crippen LogP contribution in [0.5, 0.6) is 11.5 Å². The van der Waals surface area contributed by atoms with E-state index < -0.39 is 41.9 Å². The maximum Gasteiger partial charge on any atom is 0.573 e. The Morgan fingerprint density at radius 2 is 1.52 bits per heavy atom. The number of anilines is 1. The van der Waals surface area contributed by atoms with Crippen LogP contribution in [0.1, 0.15) is 107 Å². The standard InChI is InChI=1S/C50H62F3N7O8S/c1-31-43(69-30-56-31)33-12-10-32(11-13-33)28-55-46(64)41-27-37(61)29-60(41)47(65)44(49(2,3)4)59-42(62)9-7-5-6-8-26-54-45(63)34-14-20-38(21-15-34)67-39-22-16-35(17-23-39)57-48(66)58-36-18-24-40(25-19-36)68-50(51,52)53/h10-15,18-21,24-25,30,35,37,39,41,44,61H,5-9,16-17,22-23,26-29H2,1-4H3,(H,54,63)(H,55,64)(H,59,62)(H2,57,58,66). The maximum absolute atomic E-state index is 14.0. The molecule has 2 aliphatic rings. The van der Waals surface area contributed by atoms with Crippen LogP contribution in [0.3, 0.4) is 0 Å². The van der Waals surface area contributed by atoms with Crippen LogP contribution in [0, 0.1) is 12.3 Å². The number of halogens is 3. The van der Waals surface area contributed by atoms with Gasteiger partial charge in [0.1, 0.15) is 23.6 Å². The topological polar surface area (TPSA) is 200 Å². The molecule has 1 aliphatic heterocycles. The molecule has 19 heteroatoms. The Labute approximate surface area is 404 Å². The number of aliphatic hydroxyl groups is 1. The molecule has 0 radical (unpaired) electrons. The number of thiazole rings is 1. The summed E-state index contributed by atoms with van der Waals surface area (Å²) in [4.78, 5) is 72.6. The highest BCUT2D eigenvalue weighted by molar-refractivity contribution is 7.13. The summed E-state index contributed by atoms with van der Waals surface area (Å²) in [6.45, 7) is 8.22. The SMILES string of the molecule is Cc1ncsc1-c1ccc(CNC(=O)C2CC(O)CN2C(=O)C(NC(=O)CCCCCCNC(=O)c2ccc(OC3CCC(NC(=O)Nc4ccc(OC(F)(F)F)cc4)CC3)cc2)C(C)(C)C)cc1. The number of nitrogens with one attached hydrogen (secondary N) is 5. The van der Waals surface area contributed by atoms with Gasteiger partial charge < -0.3 is 46.1 Å². The van der Waals surface area contributed by atoms with E-state index in [2.05, 4.69) is 36.3 Å². The minimum atomic E-state index is -4.80. The molecule has 3 unspecified atom stereocenters. The van der Waals surface area contributed by atoms with Crippen molar-refractivity contribution in [3.63, 3.8) is 0 Å². The van der Waals surface area contributed by atoms with Crippen LogP contribution in [-0.2, 0) is 20.9 Å². The summed E-state index contributed by atoms with van der Waals surface area (Å²) < 4.78 is 47.2. The molecule has 3 atom stereocenters. The number of aliphatic hydroxyl groups excluding tert-OH is 1. The van der Waals surface area contributed by atoms with Crippen LogP contribution in [0.4, 0.5) is 23.7 Å². The van der Waals surface area contributed by atoms with Gasteiger partial charge in [0.2, 0.25) is 17.7 Å². The molecule has 1 aliphatic carbocycles. The summed E-state index contributed by atoms with van der Waals surface area (Å²) in [6, 6.07) is 17.3. The van der Waals surface area contributed by atoms with Crippen molar-refractivity contribution in [2.24, 2.45) is 5.41 Å². The highest BCUT2D eigenvalue weighted by Crippen LogP contribution is 2.30. The van der Waals surface area contributed by atoms with Crippen molar-refractivity contribution in [3.8, 4) is 21.9 Å². The number of amides is 6. The van der Waals surface area contributed by atoms with Crippen molar-refractivity contribution in [2.45, 2.75) is 135 Å². The number of aromatic nitrogens is 1. The van der Waals surface area contributed by atoms with Crippen molar-refractivity contribution in [2.75, 3.05) is 18.4 Å². The Kier molecular flexibility index (Phi) is 18.1. The number of carbonyl (C=O) groups excluding carboxylic acids is 5. The van der Waals surface area contributed by atoms with E-state index in [4.69, 9.17) is 4.74 Å². The molecule has 1 saturated heterocycles. The van der Waals surface area contributed by atoms with E-state index in [0.29, 0.717) is 62.1 Å². The molecule has 4 aromatic rings. The number of unbranched alkanes of at least 4 members (excludes halogenated alkanes) is 3. The molecule has 2 fully saturated rings. The van der Waals surface area contributed by atoms with E-state index in [1.165, 1.54) is 17.0 Å². The fraction of sp³-hybridized carbons (Fsp3) is 0.480. The molecule has 3 aromatic carbocycles. The summed E-state index contributed by atoms with van der Waals surface area (Å²) in [7, 11) is 0. The molecule has 6 rings (SSSR count). The Morgan fingerprint density at radius 3 is 2.16 bits per heavy atom. The molecular weight excluding hydrogens is 916 g/mol. The van der Waals surface area contributed by atoms with Gasteiger partial charge in [-0.05, 0) is 111 Å².